The highest BCUT2D eigenvalue weighted by molar-refractivity contribution is 5.95. The van der Waals surface area contributed by atoms with Crippen molar-refractivity contribution in [3.05, 3.63) is 53.7 Å². The highest BCUT2D eigenvalue weighted by Crippen LogP contribution is 2.24. The second kappa shape index (κ2) is 11.1. The molecule has 0 bridgehead atoms. The van der Waals surface area contributed by atoms with Gasteiger partial charge in [-0.05, 0) is 49.9 Å². The van der Waals surface area contributed by atoms with Crippen LogP contribution in [0.3, 0.4) is 0 Å². The molecule has 0 radical (unpaired) electrons. The smallest absolute Gasteiger partial charge is 0.339 e. The lowest BCUT2D eigenvalue weighted by Crippen LogP contribution is -2.44. The fraction of sp³-hybridized carbons (Fsp3) is 0.480. The summed E-state index contributed by atoms with van der Waals surface area (Å²) in [5.74, 6) is 0.843. The van der Waals surface area contributed by atoms with Crippen molar-refractivity contribution in [1.29, 1.82) is 0 Å². The van der Waals surface area contributed by atoms with Crippen molar-refractivity contribution >= 4 is 23.4 Å². The summed E-state index contributed by atoms with van der Waals surface area (Å²) in [7, 11) is 0. The molecule has 1 aromatic carbocycles. The number of hydrogen-bond acceptors (Lipinski definition) is 6. The molecule has 172 valence electrons. The quantitative estimate of drug-likeness (QED) is 0.661. The Labute approximate surface area is 190 Å². The van der Waals surface area contributed by atoms with Crippen LogP contribution in [0.2, 0.25) is 0 Å². The van der Waals surface area contributed by atoms with Crippen molar-refractivity contribution in [2.75, 3.05) is 43.0 Å². The van der Waals surface area contributed by atoms with E-state index < -0.39 is 0 Å². The molecule has 1 unspecified atom stereocenters. The first-order valence-electron chi connectivity index (χ1n) is 11.4. The summed E-state index contributed by atoms with van der Waals surface area (Å²) >= 11 is 0. The molecule has 7 heteroatoms. The Kier molecular flexibility index (Phi) is 8.22. The Morgan fingerprint density at radius 1 is 1.06 bits per heavy atom. The van der Waals surface area contributed by atoms with Crippen LogP contribution >= 0.6 is 0 Å². The Bertz CT molecular complexity index is 914. The molecule has 0 saturated carbocycles. The van der Waals surface area contributed by atoms with Crippen LogP contribution in [0.25, 0.3) is 0 Å². The molecule has 1 fully saturated rings. The molecular weight excluding hydrogens is 404 g/mol. The summed E-state index contributed by atoms with van der Waals surface area (Å²) in [5, 5.41) is 3.13. The largest absolute Gasteiger partial charge is 0.462 e. The number of para-hydroxylation sites is 1. The molecule has 1 aliphatic heterocycles. The molecule has 2 aromatic rings. The van der Waals surface area contributed by atoms with Gasteiger partial charge >= 0.3 is 5.97 Å². The number of ether oxygens (including phenoxy) is 1. The lowest BCUT2D eigenvalue weighted by molar-refractivity contribution is -0.120. The lowest BCUT2D eigenvalue weighted by Gasteiger charge is -2.27. The summed E-state index contributed by atoms with van der Waals surface area (Å²) in [6.07, 6.45) is 2.50. The molecule has 0 spiro atoms. The van der Waals surface area contributed by atoms with E-state index in [-0.39, 0.29) is 17.9 Å². The minimum absolute atomic E-state index is 0.0171. The van der Waals surface area contributed by atoms with E-state index in [1.54, 1.807) is 19.2 Å². The third-order valence-electron chi connectivity index (χ3n) is 5.88. The van der Waals surface area contributed by atoms with Gasteiger partial charge < -0.3 is 15.0 Å². The molecule has 1 aliphatic rings. The number of pyridine rings is 1. The molecule has 3 rings (SSSR count). The van der Waals surface area contributed by atoms with Crippen LogP contribution in [0.4, 0.5) is 11.5 Å². The molecule has 1 aromatic heterocycles. The average Bonchev–Trinajstić information content (AvgIpc) is 3.05. The van der Waals surface area contributed by atoms with Crippen molar-refractivity contribution in [2.45, 2.75) is 46.1 Å². The Balaban J connectivity index is 1.60. The third kappa shape index (κ3) is 5.85. The second-order valence-corrected chi connectivity index (χ2v) is 8.41. The van der Waals surface area contributed by atoms with Crippen LogP contribution in [0, 0.1) is 0 Å². The number of esters is 1. The maximum Gasteiger partial charge on any atom is 0.339 e. The predicted octanol–water partition coefficient (Wildman–Crippen LogP) is 3.92. The van der Waals surface area contributed by atoms with Crippen LogP contribution in [0.15, 0.2) is 42.6 Å². The van der Waals surface area contributed by atoms with Gasteiger partial charge in [0.2, 0.25) is 5.91 Å². The fourth-order valence-corrected chi connectivity index (χ4v) is 3.98. The monoisotopic (exact) mass is 438 g/mol. The first-order valence-corrected chi connectivity index (χ1v) is 11.4. The number of amides is 1. The van der Waals surface area contributed by atoms with Gasteiger partial charge in [-0.1, -0.05) is 32.0 Å². The Morgan fingerprint density at radius 3 is 2.53 bits per heavy atom. The zero-order valence-corrected chi connectivity index (χ0v) is 19.5. The van der Waals surface area contributed by atoms with Gasteiger partial charge in [-0.25, -0.2) is 9.78 Å². The summed E-state index contributed by atoms with van der Waals surface area (Å²) in [6.45, 7) is 11.6. The molecule has 0 aliphatic carbocycles. The van der Waals surface area contributed by atoms with Gasteiger partial charge in [0.1, 0.15) is 5.82 Å². The molecule has 7 nitrogen and oxygen atoms in total. The standard InChI is InChI=1S/C25H34N4O3/c1-5-32-25(31)20-11-12-23(26-17-20)29-14-8-13-28(15-16-29)19(4)24(30)27-22-10-7-6-9-21(22)18(2)3/h6-7,9-12,17-19H,5,8,13-16H2,1-4H3,(H,27,30). The van der Waals surface area contributed by atoms with Crippen molar-refractivity contribution in [3.63, 3.8) is 0 Å². The predicted molar refractivity (Wildman–Crippen MR) is 127 cm³/mol. The maximum absolute atomic E-state index is 13.0. The van der Waals surface area contributed by atoms with Crippen LogP contribution in [-0.4, -0.2) is 60.6 Å². The topological polar surface area (TPSA) is 74.8 Å². The van der Waals surface area contributed by atoms with Crippen molar-refractivity contribution in [1.82, 2.24) is 9.88 Å². The van der Waals surface area contributed by atoms with E-state index >= 15 is 0 Å². The van der Waals surface area contributed by atoms with Gasteiger partial charge in [0.05, 0.1) is 18.2 Å². The van der Waals surface area contributed by atoms with E-state index in [9.17, 15) is 9.59 Å². The zero-order chi connectivity index (χ0) is 23.1. The molecular formula is C25H34N4O3. The average molecular weight is 439 g/mol. The molecule has 32 heavy (non-hydrogen) atoms. The van der Waals surface area contributed by atoms with Crippen LogP contribution < -0.4 is 10.2 Å². The summed E-state index contributed by atoms with van der Waals surface area (Å²) in [6, 6.07) is 11.4. The van der Waals surface area contributed by atoms with E-state index in [1.807, 2.05) is 31.2 Å². The number of anilines is 2. The number of hydrogen-bond donors (Lipinski definition) is 1. The Morgan fingerprint density at radius 2 is 1.84 bits per heavy atom. The van der Waals surface area contributed by atoms with Gasteiger partial charge in [-0.15, -0.1) is 0 Å². The van der Waals surface area contributed by atoms with Gasteiger partial charge in [0, 0.05) is 38.1 Å². The summed E-state index contributed by atoms with van der Waals surface area (Å²) in [5.41, 5.74) is 2.49. The number of carbonyl (C=O) groups excluding carboxylic acids is 2. The summed E-state index contributed by atoms with van der Waals surface area (Å²) in [4.78, 5) is 33.7. The highest BCUT2D eigenvalue weighted by atomic mass is 16.5. The lowest BCUT2D eigenvalue weighted by atomic mass is 10.0. The van der Waals surface area contributed by atoms with E-state index in [0.717, 1.165) is 49.7 Å². The zero-order valence-electron chi connectivity index (χ0n) is 19.5. The number of aromatic nitrogens is 1. The fourth-order valence-electron chi connectivity index (χ4n) is 3.98. The first-order chi connectivity index (χ1) is 15.4. The number of rotatable bonds is 7. The third-order valence-corrected chi connectivity index (χ3v) is 5.88. The van der Waals surface area contributed by atoms with E-state index in [4.69, 9.17) is 4.74 Å². The van der Waals surface area contributed by atoms with Crippen LogP contribution in [0.5, 0.6) is 0 Å². The molecule has 1 N–H and O–H groups in total. The molecule has 2 heterocycles. The van der Waals surface area contributed by atoms with Crippen molar-refractivity contribution < 1.29 is 14.3 Å². The van der Waals surface area contributed by atoms with E-state index in [2.05, 4.69) is 40.0 Å². The van der Waals surface area contributed by atoms with Crippen molar-refractivity contribution in [2.24, 2.45) is 0 Å². The van der Waals surface area contributed by atoms with Crippen LogP contribution in [0.1, 0.15) is 56.0 Å². The SMILES string of the molecule is CCOC(=O)c1ccc(N2CCCN(C(C)C(=O)Nc3ccccc3C(C)C)CC2)nc1. The van der Waals surface area contributed by atoms with E-state index in [0.29, 0.717) is 18.1 Å². The number of nitrogens with one attached hydrogen (secondary N) is 1. The minimum atomic E-state index is -0.354. The number of benzene rings is 1. The van der Waals surface area contributed by atoms with Crippen molar-refractivity contribution in [3.8, 4) is 0 Å². The van der Waals surface area contributed by atoms with Gasteiger partial charge in [-0.3, -0.25) is 9.69 Å². The first kappa shape index (κ1) is 23.7. The molecule has 1 atom stereocenters. The molecule has 1 amide bonds. The number of carbonyl (C=O) groups is 2. The highest BCUT2D eigenvalue weighted by Gasteiger charge is 2.25. The van der Waals surface area contributed by atoms with Crippen LogP contribution in [-0.2, 0) is 9.53 Å². The summed E-state index contributed by atoms with van der Waals surface area (Å²) < 4.78 is 5.02. The normalized spacial score (nSPS) is 15.8. The minimum Gasteiger partial charge on any atom is -0.462 e. The van der Waals surface area contributed by atoms with Gasteiger partial charge in [0.15, 0.2) is 0 Å². The maximum atomic E-state index is 13.0. The Hall–Kier alpha value is -2.93. The number of nitrogens with zero attached hydrogens (tertiary/aromatic N) is 3. The molecule has 1 saturated heterocycles. The van der Waals surface area contributed by atoms with Gasteiger partial charge in [-0.2, -0.15) is 0 Å². The van der Waals surface area contributed by atoms with Gasteiger partial charge in [0.25, 0.3) is 0 Å². The van der Waals surface area contributed by atoms with E-state index in [1.165, 1.54) is 0 Å². The second-order valence-electron chi connectivity index (χ2n) is 8.41.